The predicted molar refractivity (Wildman–Crippen MR) is 64.9 cm³/mol. The molecule has 0 spiro atoms. The summed E-state index contributed by atoms with van der Waals surface area (Å²) in [6.45, 7) is 6.28. The number of hydrogen-bond acceptors (Lipinski definition) is 3. The summed E-state index contributed by atoms with van der Waals surface area (Å²) in [5, 5.41) is 14.2. The molecular weight excluding hydrogens is 218 g/mol. The van der Waals surface area contributed by atoms with Gasteiger partial charge in [-0.15, -0.1) is 0 Å². The molecule has 0 aliphatic carbocycles. The maximum Gasteiger partial charge on any atom is 0.240 e. The molecule has 0 fully saturated rings. The first-order chi connectivity index (χ1) is 8.00. The molecule has 0 bridgehead atoms. The van der Waals surface area contributed by atoms with Gasteiger partial charge in [-0.3, -0.25) is 9.59 Å². The number of hydrogen-bond donors (Lipinski definition) is 2. The Bertz CT molecular complexity index is 309. The van der Waals surface area contributed by atoms with E-state index in [0.717, 1.165) is 6.42 Å². The van der Waals surface area contributed by atoms with Crippen molar-refractivity contribution in [3.8, 4) is 6.07 Å². The van der Waals surface area contributed by atoms with Gasteiger partial charge in [-0.05, 0) is 19.8 Å². The van der Waals surface area contributed by atoms with Crippen LogP contribution in [-0.2, 0) is 9.59 Å². The fourth-order valence-electron chi connectivity index (χ4n) is 1.13. The molecule has 17 heavy (non-hydrogen) atoms. The molecule has 0 aromatic rings. The highest BCUT2D eigenvalue weighted by Crippen LogP contribution is 2.19. The van der Waals surface area contributed by atoms with Crippen LogP contribution in [-0.4, -0.2) is 24.9 Å². The molecule has 1 unspecified atom stereocenters. The summed E-state index contributed by atoms with van der Waals surface area (Å²) in [5.74, 6) is -0.395. The Balaban J connectivity index is 3.94. The Kier molecular flexibility index (Phi) is 6.95. The third kappa shape index (κ3) is 5.34. The first kappa shape index (κ1) is 15.4. The molecule has 0 saturated heterocycles. The van der Waals surface area contributed by atoms with Crippen LogP contribution in [0.2, 0.25) is 0 Å². The van der Waals surface area contributed by atoms with Gasteiger partial charge in [0.2, 0.25) is 11.8 Å². The monoisotopic (exact) mass is 239 g/mol. The van der Waals surface area contributed by atoms with Crippen LogP contribution in [0, 0.1) is 16.7 Å². The third-order valence-electron chi connectivity index (χ3n) is 2.66. The highest BCUT2D eigenvalue weighted by molar-refractivity contribution is 5.85. The van der Waals surface area contributed by atoms with Crippen LogP contribution in [0.1, 0.15) is 40.0 Å². The Morgan fingerprint density at radius 3 is 2.35 bits per heavy atom. The van der Waals surface area contributed by atoms with Crippen LogP contribution >= 0.6 is 0 Å². The van der Waals surface area contributed by atoms with Gasteiger partial charge in [-0.2, -0.15) is 5.26 Å². The minimum absolute atomic E-state index is 0.0812. The van der Waals surface area contributed by atoms with Crippen molar-refractivity contribution in [1.82, 2.24) is 10.6 Å². The second-order valence-electron chi connectivity index (χ2n) is 4.15. The molecule has 0 radical (unpaired) electrons. The zero-order chi connectivity index (χ0) is 13.3. The SMILES string of the molecule is CCCNC(=O)CCNC(=O)C(C)(C#N)CC. The summed E-state index contributed by atoms with van der Waals surface area (Å²) in [4.78, 5) is 22.9. The second kappa shape index (κ2) is 7.66. The molecule has 0 rings (SSSR count). The molecule has 0 aromatic heterocycles. The molecule has 0 aromatic carbocycles. The van der Waals surface area contributed by atoms with Crippen LogP contribution in [0.5, 0.6) is 0 Å². The molecule has 0 saturated carbocycles. The Hall–Kier alpha value is -1.57. The summed E-state index contributed by atoms with van der Waals surface area (Å²) < 4.78 is 0. The van der Waals surface area contributed by atoms with E-state index in [1.165, 1.54) is 0 Å². The molecule has 5 heteroatoms. The summed E-state index contributed by atoms with van der Waals surface area (Å²) in [7, 11) is 0. The second-order valence-corrected chi connectivity index (χ2v) is 4.15. The summed E-state index contributed by atoms with van der Waals surface area (Å²) >= 11 is 0. The van der Waals surface area contributed by atoms with E-state index in [2.05, 4.69) is 10.6 Å². The van der Waals surface area contributed by atoms with Gasteiger partial charge in [0, 0.05) is 19.5 Å². The minimum Gasteiger partial charge on any atom is -0.356 e. The molecule has 5 nitrogen and oxygen atoms in total. The van der Waals surface area contributed by atoms with Crippen molar-refractivity contribution in [1.29, 1.82) is 5.26 Å². The minimum atomic E-state index is -1.00. The van der Waals surface area contributed by atoms with Crippen molar-refractivity contribution < 1.29 is 9.59 Å². The third-order valence-corrected chi connectivity index (χ3v) is 2.66. The summed E-state index contributed by atoms with van der Waals surface area (Å²) in [6, 6.07) is 1.99. The van der Waals surface area contributed by atoms with E-state index >= 15 is 0 Å². The van der Waals surface area contributed by atoms with Gasteiger partial charge >= 0.3 is 0 Å². The van der Waals surface area contributed by atoms with Crippen LogP contribution in [0.15, 0.2) is 0 Å². The van der Waals surface area contributed by atoms with Crippen LogP contribution in [0.4, 0.5) is 0 Å². The molecule has 2 N–H and O–H groups in total. The smallest absolute Gasteiger partial charge is 0.240 e. The average molecular weight is 239 g/mol. The Morgan fingerprint density at radius 1 is 1.24 bits per heavy atom. The molecule has 0 aliphatic heterocycles. The lowest BCUT2D eigenvalue weighted by Gasteiger charge is -2.18. The Morgan fingerprint density at radius 2 is 1.88 bits per heavy atom. The number of nitrogens with zero attached hydrogens (tertiary/aromatic N) is 1. The van der Waals surface area contributed by atoms with Crippen molar-refractivity contribution in [2.45, 2.75) is 40.0 Å². The first-order valence-electron chi connectivity index (χ1n) is 5.96. The fraction of sp³-hybridized carbons (Fsp3) is 0.750. The highest BCUT2D eigenvalue weighted by Gasteiger charge is 2.30. The molecule has 1 atom stereocenters. The largest absolute Gasteiger partial charge is 0.356 e. The van der Waals surface area contributed by atoms with E-state index < -0.39 is 5.41 Å². The summed E-state index contributed by atoms with van der Waals surface area (Å²) in [5.41, 5.74) is -1.00. The number of nitriles is 1. The molecule has 2 amide bonds. The standard InChI is InChI=1S/C12H21N3O2/c1-4-7-14-10(16)6-8-15-11(17)12(3,5-2)9-13/h4-8H2,1-3H3,(H,14,16)(H,15,17). The van der Waals surface area contributed by atoms with Crippen LogP contribution in [0.25, 0.3) is 0 Å². The van der Waals surface area contributed by atoms with Gasteiger partial charge < -0.3 is 10.6 Å². The van der Waals surface area contributed by atoms with E-state index in [-0.39, 0.29) is 24.8 Å². The van der Waals surface area contributed by atoms with E-state index in [0.29, 0.717) is 13.0 Å². The van der Waals surface area contributed by atoms with E-state index in [9.17, 15) is 9.59 Å². The number of amides is 2. The number of carbonyl (C=O) groups is 2. The first-order valence-corrected chi connectivity index (χ1v) is 5.96. The van der Waals surface area contributed by atoms with E-state index in [1.54, 1.807) is 13.8 Å². The van der Waals surface area contributed by atoms with Crippen LogP contribution in [0.3, 0.4) is 0 Å². The van der Waals surface area contributed by atoms with Gasteiger partial charge in [0.15, 0.2) is 0 Å². The maximum atomic E-state index is 11.7. The number of carbonyl (C=O) groups excluding carboxylic acids is 2. The van der Waals surface area contributed by atoms with Crippen molar-refractivity contribution in [3.05, 3.63) is 0 Å². The normalized spacial score (nSPS) is 13.3. The molecule has 96 valence electrons. The van der Waals surface area contributed by atoms with Crippen molar-refractivity contribution in [2.75, 3.05) is 13.1 Å². The maximum absolute atomic E-state index is 11.7. The average Bonchev–Trinajstić information content (AvgIpc) is 2.35. The molecule has 0 aliphatic rings. The van der Waals surface area contributed by atoms with E-state index in [1.807, 2.05) is 13.0 Å². The van der Waals surface area contributed by atoms with Crippen molar-refractivity contribution in [3.63, 3.8) is 0 Å². The lowest BCUT2D eigenvalue weighted by molar-refractivity contribution is -0.127. The fourth-order valence-corrected chi connectivity index (χ4v) is 1.13. The zero-order valence-corrected chi connectivity index (χ0v) is 10.8. The molecule has 0 heterocycles. The highest BCUT2D eigenvalue weighted by atomic mass is 16.2. The number of nitrogens with one attached hydrogen (secondary N) is 2. The van der Waals surface area contributed by atoms with E-state index in [4.69, 9.17) is 5.26 Å². The lowest BCUT2D eigenvalue weighted by atomic mass is 9.88. The lowest BCUT2D eigenvalue weighted by Crippen LogP contribution is -2.39. The number of rotatable bonds is 7. The Labute approximate surface area is 103 Å². The van der Waals surface area contributed by atoms with Crippen LogP contribution < -0.4 is 10.6 Å². The molecular formula is C12H21N3O2. The van der Waals surface area contributed by atoms with Gasteiger partial charge in [-0.1, -0.05) is 13.8 Å². The quantitative estimate of drug-likeness (QED) is 0.694. The van der Waals surface area contributed by atoms with Gasteiger partial charge in [0.1, 0.15) is 5.41 Å². The van der Waals surface area contributed by atoms with Gasteiger partial charge in [0.05, 0.1) is 6.07 Å². The van der Waals surface area contributed by atoms with Crippen molar-refractivity contribution in [2.24, 2.45) is 5.41 Å². The topological polar surface area (TPSA) is 82.0 Å². The van der Waals surface area contributed by atoms with Gasteiger partial charge in [-0.25, -0.2) is 0 Å². The predicted octanol–water partition coefficient (Wildman–Crippen LogP) is 0.959. The van der Waals surface area contributed by atoms with Gasteiger partial charge in [0.25, 0.3) is 0 Å². The zero-order valence-electron chi connectivity index (χ0n) is 10.8. The summed E-state index contributed by atoms with van der Waals surface area (Å²) in [6.07, 6.45) is 1.59. The van der Waals surface area contributed by atoms with Crippen molar-refractivity contribution >= 4 is 11.8 Å².